The van der Waals surface area contributed by atoms with E-state index in [0.717, 1.165) is 29.1 Å². The first-order valence-corrected chi connectivity index (χ1v) is 7.51. The lowest BCUT2D eigenvalue weighted by Gasteiger charge is -2.14. The number of rotatable bonds is 4. The molecule has 21 heavy (non-hydrogen) atoms. The number of nitrogens with one attached hydrogen (secondary N) is 1. The lowest BCUT2D eigenvalue weighted by Crippen LogP contribution is -2.32. The number of aryl methyl sites for hydroxylation is 2. The van der Waals surface area contributed by atoms with E-state index in [1.165, 1.54) is 5.56 Å². The van der Waals surface area contributed by atoms with Crippen molar-refractivity contribution >= 4 is 5.91 Å². The van der Waals surface area contributed by atoms with E-state index in [1.807, 2.05) is 39.0 Å². The highest BCUT2D eigenvalue weighted by molar-refractivity contribution is 5.96. The van der Waals surface area contributed by atoms with Crippen molar-refractivity contribution in [3.8, 4) is 5.69 Å². The average molecular weight is 284 g/mol. The highest BCUT2D eigenvalue weighted by atomic mass is 16.1. The van der Waals surface area contributed by atoms with Gasteiger partial charge in [-0.25, -0.2) is 0 Å². The van der Waals surface area contributed by atoms with Crippen LogP contribution in [0.2, 0.25) is 0 Å². The number of hydrogen-bond acceptors (Lipinski definition) is 1. The van der Waals surface area contributed by atoms with Crippen molar-refractivity contribution in [2.75, 3.05) is 0 Å². The molecule has 0 aliphatic rings. The van der Waals surface area contributed by atoms with Crippen LogP contribution in [-0.4, -0.2) is 16.5 Å². The molecule has 1 aromatic carbocycles. The van der Waals surface area contributed by atoms with Crippen molar-refractivity contribution in [3.63, 3.8) is 0 Å². The van der Waals surface area contributed by atoms with Crippen molar-refractivity contribution < 1.29 is 4.79 Å². The molecule has 0 fully saturated rings. The molecule has 2 aromatic rings. The second-order valence-corrected chi connectivity index (χ2v) is 5.69. The first-order valence-electron chi connectivity index (χ1n) is 7.51. The van der Waals surface area contributed by atoms with Gasteiger partial charge in [-0.05, 0) is 51.8 Å². The Morgan fingerprint density at radius 1 is 1.24 bits per heavy atom. The van der Waals surface area contributed by atoms with E-state index in [0.29, 0.717) is 0 Å². The molecule has 0 bridgehead atoms. The summed E-state index contributed by atoms with van der Waals surface area (Å²) < 4.78 is 2.15. The van der Waals surface area contributed by atoms with Gasteiger partial charge < -0.3 is 9.88 Å². The van der Waals surface area contributed by atoms with Crippen LogP contribution in [0.1, 0.15) is 47.6 Å². The molecule has 0 spiro atoms. The molecule has 1 unspecified atom stereocenters. The number of amides is 1. The minimum Gasteiger partial charge on any atom is -0.350 e. The molecule has 0 aliphatic carbocycles. The maximum Gasteiger partial charge on any atom is 0.253 e. The minimum absolute atomic E-state index is 0.0114. The number of carbonyl (C=O) groups is 1. The first-order chi connectivity index (χ1) is 9.95. The molecule has 1 N–H and O–H groups in total. The van der Waals surface area contributed by atoms with E-state index in [4.69, 9.17) is 0 Å². The summed E-state index contributed by atoms with van der Waals surface area (Å²) in [5, 5.41) is 3.04. The number of aromatic nitrogens is 1. The molecule has 112 valence electrons. The molecule has 3 heteroatoms. The zero-order valence-corrected chi connectivity index (χ0v) is 13.5. The third kappa shape index (κ3) is 3.02. The van der Waals surface area contributed by atoms with E-state index >= 15 is 0 Å². The van der Waals surface area contributed by atoms with Gasteiger partial charge in [-0.3, -0.25) is 4.79 Å². The number of para-hydroxylation sites is 1. The molecule has 1 amide bonds. The summed E-state index contributed by atoms with van der Waals surface area (Å²) in [6.45, 7) is 10.2. The topological polar surface area (TPSA) is 34.0 Å². The smallest absolute Gasteiger partial charge is 0.253 e. The second-order valence-electron chi connectivity index (χ2n) is 5.69. The Labute approximate surface area is 127 Å². The van der Waals surface area contributed by atoms with E-state index in [9.17, 15) is 4.79 Å². The van der Waals surface area contributed by atoms with Crippen LogP contribution in [0.15, 0.2) is 30.3 Å². The summed E-state index contributed by atoms with van der Waals surface area (Å²) >= 11 is 0. The Bertz CT molecular complexity index is 655. The van der Waals surface area contributed by atoms with Gasteiger partial charge in [-0.2, -0.15) is 0 Å². The number of benzene rings is 1. The van der Waals surface area contributed by atoms with Gasteiger partial charge in [0.25, 0.3) is 5.91 Å². The molecule has 1 atom stereocenters. The van der Waals surface area contributed by atoms with Gasteiger partial charge in [-0.1, -0.05) is 25.1 Å². The van der Waals surface area contributed by atoms with Crippen molar-refractivity contribution in [2.45, 2.75) is 47.1 Å². The van der Waals surface area contributed by atoms with Crippen LogP contribution in [-0.2, 0) is 0 Å². The fourth-order valence-corrected chi connectivity index (χ4v) is 2.58. The van der Waals surface area contributed by atoms with Crippen molar-refractivity contribution in [2.24, 2.45) is 0 Å². The SMILES string of the molecule is CCC(C)NC(=O)c1cc(C)n(-c2ccccc2C)c1C. The van der Waals surface area contributed by atoms with Gasteiger partial charge in [-0.15, -0.1) is 0 Å². The number of nitrogens with zero attached hydrogens (tertiary/aromatic N) is 1. The van der Waals surface area contributed by atoms with Gasteiger partial charge in [0.15, 0.2) is 0 Å². The van der Waals surface area contributed by atoms with E-state index in [-0.39, 0.29) is 11.9 Å². The van der Waals surface area contributed by atoms with Crippen LogP contribution >= 0.6 is 0 Å². The highest BCUT2D eigenvalue weighted by Gasteiger charge is 2.18. The third-order valence-electron chi connectivity index (χ3n) is 4.02. The maximum absolute atomic E-state index is 12.4. The lowest BCUT2D eigenvalue weighted by molar-refractivity contribution is 0.0938. The zero-order valence-electron chi connectivity index (χ0n) is 13.5. The van der Waals surface area contributed by atoms with Crippen molar-refractivity contribution in [1.29, 1.82) is 0 Å². The van der Waals surface area contributed by atoms with Crippen LogP contribution < -0.4 is 5.32 Å². The predicted molar refractivity (Wildman–Crippen MR) is 87.2 cm³/mol. The summed E-state index contributed by atoms with van der Waals surface area (Å²) in [6, 6.07) is 10.4. The minimum atomic E-state index is 0.0114. The van der Waals surface area contributed by atoms with E-state index in [2.05, 4.69) is 35.9 Å². The molecule has 1 aromatic heterocycles. The molecule has 0 saturated heterocycles. The zero-order chi connectivity index (χ0) is 15.6. The van der Waals surface area contributed by atoms with Crippen LogP contribution in [0, 0.1) is 20.8 Å². The highest BCUT2D eigenvalue weighted by Crippen LogP contribution is 2.23. The van der Waals surface area contributed by atoms with E-state index in [1.54, 1.807) is 0 Å². The molecule has 1 heterocycles. The number of hydrogen-bond donors (Lipinski definition) is 1. The maximum atomic E-state index is 12.4. The summed E-state index contributed by atoms with van der Waals surface area (Å²) in [6.07, 6.45) is 0.933. The van der Waals surface area contributed by atoms with Gasteiger partial charge in [0.1, 0.15) is 0 Å². The number of carbonyl (C=O) groups excluding carboxylic acids is 1. The van der Waals surface area contributed by atoms with Gasteiger partial charge >= 0.3 is 0 Å². The average Bonchev–Trinajstić information content (AvgIpc) is 2.75. The summed E-state index contributed by atoms with van der Waals surface area (Å²) in [4.78, 5) is 12.4. The Balaban J connectivity index is 2.43. The molecule has 2 rings (SSSR count). The van der Waals surface area contributed by atoms with Crippen LogP contribution in [0.4, 0.5) is 0 Å². The monoisotopic (exact) mass is 284 g/mol. The summed E-state index contributed by atoms with van der Waals surface area (Å²) in [5.41, 5.74) is 5.16. The van der Waals surface area contributed by atoms with Crippen LogP contribution in [0.3, 0.4) is 0 Å². The predicted octanol–water partition coefficient (Wildman–Crippen LogP) is 3.93. The molecule has 0 saturated carbocycles. The Kier molecular flexibility index (Phi) is 4.51. The molecular formula is C18H24N2O. The summed E-state index contributed by atoms with van der Waals surface area (Å²) in [5.74, 6) is 0.0114. The van der Waals surface area contributed by atoms with E-state index < -0.39 is 0 Å². The standard InChI is InChI=1S/C18H24N2O/c1-6-13(3)19-18(21)16-11-14(4)20(15(16)5)17-10-8-7-9-12(17)2/h7-11,13H,6H2,1-5H3,(H,19,21). The lowest BCUT2D eigenvalue weighted by atomic mass is 10.2. The van der Waals surface area contributed by atoms with Gasteiger partial charge in [0.2, 0.25) is 0 Å². The van der Waals surface area contributed by atoms with Crippen LogP contribution in [0.5, 0.6) is 0 Å². The third-order valence-corrected chi connectivity index (χ3v) is 4.02. The van der Waals surface area contributed by atoms with Crippen molar-refractivity contribution in [1.82, 2.24) is 9.88 Å². The fourth-order valence-electron chi connectivity index (χ4n) is 2.58. The molecule has 3 nitrogen and oxygen atoms in total. The fraction of sp³-hybridized carbons (Fsp3) is 0.389. The van der Waals surface area contributed by atoms with Crippen LogP contribution in [0.25, 0.3) is 5.69 Å². The first kappa shape index (κ1) is 15.4. The molecule has 0 aliphatic heterocycles. The van der Waals surface area contributed by atoms with Gasteiger partial charge in [0, 0.05) is 23.1 Å². The van der Waals surface area contributed by atoms with Gasteiger partial charge in [0.05, 0.1) is 5.56 Å². The molecular weight excluding hydrogens is 260 g/mol. The second kappa shape index (κ2) is 6.17. The summed E-state index contributed by atoms with van der Waals surface area (Å²) in [7, 11) is 0. The largest absolute Gasteiger partial charge is 0.350 e. The normalized spacial score (nSPS) is 12.2. The molecule has 0 radical (unpaired) electrons. The van der Waals surface area contributed by atoms with Crippen molar-refractivity contribution in [3.05, 3.63) is 52.8 Å². The Morgan fingerprint density at radius 3 is 2.52 bits per heavy atom. The quantitative estimate of drug-likeness (QED) is 0.907. The Hall–Kier alpha value is -2.03. The Morgan fingerprint density at radius 2 is 1.90 bits per heavy atom.